The van der Waals surface area contributed by atoms with Crippen LogP contribution in [-0.2, 0) is 6.54 Å². The van der Waals surface area contributed by atoms with Gasteiger partial charge in [-0.25, -0.2) is 13.8 Å². The normalized spacial score (nSPS) is 12.9. The Hall–Kier alpha value is -1.78. The van der Waals surface area contributed by atoms with Crippen LogP contribution in [-0.4, -0.2) is 15.7 Å². The summed E-state index contributed by atoms with van der Waals surface area (Å²) in [6.45, 7) is 1.28. The quantitative estimate of drug-likeness (QED) is 0.780. The highest BCUT2D eigenvalue weighted by Crippen LogP contribution is 2.10. The molecule has 0 radical (unpaired) electrons. The van der Waals surface area contributed by atoms with Crippen molar-refractivity contribution < 1.29 is 8.78 Å². The van der Waals surface area contributed by atoms with Gasteiger partial charge >= 0.3 is 0 Å². The summed E-state index contributed by atoms with van der Waals surface area (Å²) in [4.78, 5) is 15.6. The molecular weight excluding hydrogens is 214 g/mol. The van der Waals surface area contributed by atoms with E-state index in [1.807, 2.05) is 0 Å². The molecule has 2 rings (SSSR count). The van der Waals surface area contributed by atoms with Gasteiger partial charge in [0.15, 0.2) is 0 Å². The molecule has 5 heteroatoms. The van der Waals surface area contributed by atoms with Crippen LogP contribution in [0.3, 0.4) is 0 Å². The fourth-order valence-corrected chi connectivity index (χ4v) is 1.55. The fourth-order valence-electron chi connectivity index (χ4n) is 1.55. The van der Waals surface area contributed by atoms with E-state index in [4.69, 9.17) is 0 Å². The molecule has 84 valence electrons. The van der Waals surface area contributed by atoms with Gasteiger partial charge in [-0.3, -0.25) is 9.36 Å². The molecule has 0 amide bonds. The molecule has 0 saturated heterocycles. The molecule has 0 N–H and O–H groups in total. The Morgan fingerprint density at radius 1 is 1.50 bits per heavy atom. The lowest BCUT2D eigenvalue weighted by Crippen LogP contribution is -2.24. The monoisotopic (exact) mass is 224 g/mol. The molecule has 3 nitrogen and oxygen atoms in total. The van der Waals surface area contributed by atoms with Crippen molar-refractivity contribution in [1.29, 1.82) is 0 Å². The minimum atomic E-state index is -1.15. The van der Waals surface area contributed by atoms with Crippen molar-refractivity contribution in [3.8, 4) is 0 Å². The van der Waals surface area contributed by atoms with Crippen molar-refractivity contribution in [2.75, 3.05) is 0 Å². The number of hydrogen-bond donors (Lipinski definition) is 0. The van der Waals surface area contributed by atoms with E-state index in [-0.39, 0.29) is 17.4 Å². The van der Waals surface area contributed by atoms with Gasteiger partial charge in [0.05, 0.1) is 18.3 Å². The maximum atomic E-state index is 13.3. The van der Waals surface area contributed by atoms with Crippen LogP contribution in [0.25, 0.3) is 10.9 Å². The Labute approximate surface area is 90.3 Å². The van der Waals surface area contributed by atoms with Gasteiger partial charge in [-0.05, 0) is 19.1 Å². The van der Waals surface area contributed by atoms with E-state index in [1.165, 1.54) is 31.5 Å². The van der Waals surface area contributed by atoms with Crippen molar-refractivity contribution in [3.63, 3.8) is 0 Å². The molecule has 0 saturated carbocycles. The lowest BCUT2D eigenvalue weighted by molar-refractivity contribution is 0.317. The van der Waals surface area contributed by atoms with Crippen LogP contribution in [0.1, 0.15) is 6.92 Å². The summed E-state index contributed by atoms with van der Waals surface area (Å²) < 4.78 is 27.2. The second kappa shape index (κ2) is 4.00. The van der Waals surface area contributed by atoms with Crippen LogP contribution < -0.4 is 5.56 Å². The first-order valence-electron chi connectivity index (χ1n) is 4.87. The maximum absolute atomic E-state index is 13.3. The summed E-state index contributed by atoms with van der Waals surface area (Å²) in [7, 11) is 0. The molecule has 0 aliphatic heterocycles. The maximum Gasteiger partial charge on any atom is 0.261 e. The summed E-state index contributed by atoms with van der Waals surface area (Å²) in [5, 5.41) is 0.170. The fraction of sp³-hybridized carbons (Fsp3) is 0.273. The lowest BCUT2D eigenvalue weighted by atomic mass is 10.2. The van der Waals surface area contributed by atoms with Gasteiger partial charge in [-0.15, -0.1) is 0 Å². The second-order valence-corrected chi connectivity index (χ2v) is 3.62. The SMILES string of the molecule is CC(F)Cn1cnc2c(F)cccc2c1=O. The Bertz CT molecular complexity index is 578. The number of benzene rings is 1. The zero-order valence-corrected chi connectivity index (χ0v) is 8.65. The van der Waals surface area contributed by atoms with Crippen molar-refractivity contribution in [2.45, 2.75) is 19.6 Å². The van der Waals surface area contributed by atoms with E-state index in [2.05, 4.69) is 4.98 Å². The van der Waals surface area contributed by atoms with Crippen LogP contribution in [0.4, 0.5) is 8.78 Å². The molecule has 1 aromatic carbocycles. The molecule has 2 aromatic rings. The Morgan fingerprint density at radius 3 is 2.94 bits per heavy atom. The van der Waals surface area contributed by atoms with Gasteiger partial charge in [0.1, 0.15) is 17.5 Å². The van der Waals surface area contributed by atoms with Crippen molar-refractivity contribution in [3.05, 3.63) is 40.7 Å². The second-order valence-electron chi connectivity index (χ2n) is 3.62. The molecule has 1 aromatic heterocycles. The van der Waals surface area contributed by atoms with Crippen LogP contribution >= 0.6 is 0 Å². The van der Waals surface area contributed by atoms with Crippen molar-refractivity contribution >= 4 is 10.9 Å². The topological polar surface area (TPSA) is 34.9 Å². The van der Waals surface area contributed by atoms with Crippen molar-refractivity contribution in [1.82, 2.24) is 9.55 Å². The summed E-state index contributed by atoms with van der Waals surface area (Å²) >= 11 is 0. The number of aromatic nitrogens is 2. The van der Waals surface area contributed by atoms with Crippen LogP contribution in [0.2, 0.25) is 0 Å². The molecule has 1 atom stereocenters. The van der Waals surface area contributed by atoms with E-state index in [9.17, 15) is 13.6 Å². The highest BCUT2D eigenvalue weighted by molar-refractivity contribution is 5.77. The minimum absolute atomic E-state index is 0.0234. The largest absolute Gasteiger partial charge is 0.296 e. The van der Waals surface area contributed by atoms with E-state index >= 15 is 0 Å². The van der Waals surface area contributed by atoms with Crippen molar-refractivity contribution in [2.24, 2.45) is 0 Å². The first-order valence-corrected chi connectivity index (χ1v) is 4.87. The molecule has 1 unspecified atom stereocenters. The molecular formula is C11H10F2N2O. The van der Waals surface area contributed by atoms with E-state index in [0.29, 0.717) is 0 Å². The minimum Gasteiger partial charge on any atom is -0.296 e. The smallest absolute Gasteiger partial charge is 0.261 e. The number of halogens is 2. The van der Waals surface area contributed by atoms with Gasteiger partial charge in [-0.1, -0.05) is 6.07 Å². The highest BCUT2D eigenvalue weighted by atomic mass is 19.1. The van der Waals surface area contributed by atoms with Gasteiger partial charge in [0.2, 0.25) is 0 Å². The number of rotatable bonds is 2. The summed E-state index contributed by atoms with van der Waals surface area (Å²) in [6.07, 6.45) is 0.0228. The molecule has 0 bridgehead atoms. The summed E-state index contributed by atoms with van der Waals surface area (Å²) in [6, 6.07) is 4.15. The van der Waals surface area contributed by atoms with Gasteiger partial charge in [0, 0.05) is 0 Å². The summed E-state index contributed by atoms with van der Waals surface area (Å²) in [5.74, 6) is -0.546. The Balaban J connectivity index is 2.66. The molecule has 1 heterocycles. The predicted octanol–water partition coefficient (Wildman–Crippen LogP) is 1.89. The number of alkyl halides is 1. The molecule has 0 fully saturated rings. The average molecular weight is 224 g/mol. The zero-order chi connectivity index (χ0) is 11.7. The number of nitrogens with zero attached hydrogens (tertiary/aromatic N) is 2. The highest BCUT2D eigenvalue weighted by Gasteiger charge is 2.09. The molecule has 0 aliphatic carbocycles. The standard InChI is InChI=1S/C11H10F2N2O/c1-7(12)5-15-6-14-10-8(11(15)16)3-2-4-9(10)13/h2-4,6-7H,5H2,1H3. The van der Waals surface area contributed by atoms with Gasteiger partial charge < -0.3 is 0 Å². The summed E-state index contributed by atoms with van der Waals surface area (Å²) in [5.41, 5.74) is -0.399. The average Bonchev–Trinajstić information content (AvgIpc) is 2.23. The molecule has 0 aliphatic rings. The third kappa shape index (κ3) is 1.80. The van der Waals surface area contributed by atoms with E-state index < -0.39 is 17.5 Å². The first kappa shape index (κ1) is 10.7. The van der Waals surface area contributed by atoms with Crippen LogP contribution in [0.5, 0.6) is 0 Å². The third-order valence-corrected chi connectivity index (χ3v) is 2.25. The van der Waals surface area contributed by atoms with Crippen LogP contribution in [0.15, 0.2) is 29.3 Å². The lowest BCUT2D eigenvalue weighted by Gasteiger charge is -2.07. The Kier molecular flexibility index (Phi) is 2.68. The van der Waals surface area contributed by atoms with Gasteiger partial charge in [-0.2, -0.15) is 0 Å². The van der Waals surface area contributed by atoms with E-state index in [0.717, 1.165) is 4.57 Å². The zero-order valence-electron chi connectivity index (χ0n) is 8.65. The van der Waals surface area contributed by atoms with E-state index in [1.54, 1.807) is 0 Å². The number of para-hydroxylation sites is 1. The first-order chi connectivity index (χ1) is 7.59. The Morgan fingerprint density at radius 2 is 2.25 bits per heavy atom. The number of fused-ring (bicyclic) bond motifs is 1. The molecule has 16 heavy (non-hydrogen) atoms. The van der Waals surface area contributed by atoms with Crippen LogP contribution in [0, 0.1) is 5.82 Å². The molecule has 0 spiro atoms. The number of hydrogen-bond acceptors (Lipinski definition) is 2. The van der Waals surface area contributed by atoms with Gasteiger partial charge in [0.25, 0.3) is 5.56 Å². The third-order valence-electron chi connectivity index (χ3n) is 2.25. The predicted molar refractivity (Wildman–Crippen MR) is 56.5 cm³/mol.